The van der Waals surface area contributed by atoms with Crippen LogP contribution in [0, 0.1) is 46.3 Å². The first-order valence-corrected chi connectivity index (χ1v) is 25.0. The molecule has 364 valence electrons. The third-order valence-corrected chi connectivity index (χ3v) is 15.5. The topological polar surface area (TPSA) is 227 Å². The highest BCUT2D eigenvalue weighted by Crippen LogP contribution is 2.67. The fraction of sp³-hybridized carbons (Fsp3) is 0.745. The second kappa shape index (κ2) is 25.7. The molecule has 3 saturated carbocycles. The Morgan fingerprint density at radius 2 is 1.62 bits per heavy atom. The number of nitrogens with zero attached hydrogens (tertiary/aromatic N) is 3. The maximum Gasteiger partial charge on any atom is 0.407 e. The zero-order chi connectivity index (χ0) is 46.8. The van der Waals surface area contributed by atoms with Crippen molar-refractivity contribution in [2.24, 2.45) is 84.2 Å². The molecule has 0 radical (unpaired) electrons. The van der Waals surface area contributed by atoms with Crippen LogP contribution in [0.4, 0.5) is 4.79 Å². The summed E-state index contributed by atoms with van der Waals surface area (Å²) in [4.78, 5) is 38.8. The first-order valence-electron chi connectivity index (χ1n) is 25.0. The summed E-state index contributed by atoms with van der Waals surface area (Å²) in [5.41, 5.74) is 25.1. The van der Waals surface area contributed by atoms with E-state index in [1.54, 1.807) is 6.21 Å². The number of amides is 2. The molecule has 10 atom stereocenters. The van der Waals surface area contributed by atoms with E-state index in [1.807, 2.05) is 18.2 Å². The molecular weight excluding hydrogens is 819 g/mol. The zero-order valence-electron chi connectivity index (χ0n) is 40.5. The van der Waals surface area contributed by atoms with Crippen molar-refractivity contribution < 1.29 is 23.8 Å². The molecule has 0 aromatic heterocycles. The van der Waals surface area contributed by atoms with Crippen LogP contribution in [0.15, 0.2) is 57.0 Å². The maximum atomic E-state index is 13.5. The number of hydrogen-bond donors (Lipinski definition) is 6. The van der Waals surface area contributed by atoms with E-state index in [2.05, 4.69) is 78.4 Å². The highest BCUT2D eigenvalue weighted by Gasteiger charge is 2.59. The predicted molar refractivity (Wildman–Crippen MR) is 263 cm³/mol. The lowest BCUT2D eigenvalue weighted by Gasteiger charge is -2.58. The summed E-state index contributed by atoms with van der Waals surface area (Å²) in [7, 11) is 0. The van der Waals surface area contributed by atoms with Crippen molar-refractivity contribution in [3.8, 4) is 0 Å². The molecule has 10 unspecified atom stereocenters. The minimum atomic E-state index is -0.695. The van der Waals surface area contributed by atoms with Crippen molar-refractivity contribution >= 4 is 30.1 Å². The summed E-state index contributed by atoms with van der Waals surface area (Å²) in [6.45, 7) is 15.2. The van der Waals surface area contributed by atoms with Gasteiger partial charge in [-0.2, -0.15) is 0 Å². The highest BCUT2D eigenvalue weighted by atomic mass is 16.6. The van der Waals surface area contributed by atoms with Crippen molar-refractivity contribution in [3.63, 3.8) is 0 Å². The standard InChI is InChI=1S/C51H85N9O5/c1-35(2)12-11-13-36(3)42-19-20-43-41-18-17-38-33-40(21-23-50(38,4)44(41)22-24-51(42,43)5)65-49(62)59-39(32-37-14-7-6-8-15-37)34-56-26-28-63-30-31-64-29-27-57-46(61)45(60-48(54)55)16-9-10-25-58-47(52)53/h6-8,14-15,17,34-36,39-45H,9-13,16,18-33H2,1-5H3,(H,57,61)(H,59,62)(H4,52,53,58)(H4,54,55,60). The van der Waals surface area contributed by atoms with Crippen LogP contribution in [0.5, 0.6) is 0 Å². The van der Waals surface area contributed by atoms with Crippen LogP contribution in [0.25, 0.3) is 0 Å². The van der Waals surface area contributed by atoms with E-state index >= 15 is 0 Å². The van der Waals surface area contributed by atoms with E-state index in [0.717, 1.165) is 60.3 Å². The molecule has 65 heavy (non-hydrogen) atoms. The van der Waals surface area contributed by atoms with E-state index in [4.69, 9.17) is 37.1 Å². The Morgan fingerprint density at radius 3 is 2.35 bits per heavy atom. The Bertz CT molecular complexity index is 1750. The van der Waals surface area contributed by atoms with Crippen LogP contribution in [0.2, 0.25) is 0 Å². The molecule has 3 fully saturated rings. The van der Waals surface area contributed by atoms with Gasteiger partial charge >= 0.3 is 6.09 Å². The van der Waals surface area contributed by atoms with Crippen LogP contribution < -0.4 is 33.6 Å². The van der Waals surface area contributed by atoms with Gasteiger partial charge in [-0.1, -0.05) is 95.9 Å². The minimum Gasteiger partial charge on any atom is -0.446 e. The van der Waals surface area contributed by atoms with E-state index < -0.39 is 6.04 Å². The third-order valence-electron chi connectivity index (χ3n) is 15.5. The van der Waals surface area contributed by atoms with E-state index in [0.29, 0.717) is 77.2 Å². The number of carbonyl (C=O) groups is 2. The van der Waals surface area contributed by atoms with Gasteiger partial charge < -0.3 is 47.8 Å². The second-order valence-electron chi connectivity index (χ2n) is 20.4. The van der Waals surface area contributed by atoms with Gasteiger partial charge in [0, 0.05) is 25.7 Å². The number of alkyl carbamates (subject to hydrolysis) is 1. The smallest absolute Gasteiger partial charge is 0.407 e. The molecule has 1 aromatic carbocycles. The maximum absolute atomic E-state index is 13.5. The number of benzene rings is 1. The Hall–Kier alpha value is -4.17. The first-order chi connectivity index (χ1) is 31.2. The van der Waals surface area contributed by atoms with Gasteiger partial charge in [0.15, 0.2) is 11.9 Å². The molecule has 0 bridgehead atoms. The quantitative estimate of drug-likeness (QED) is 0.0242. The zero-order valence-corrected chi connectivity index (χ0v) is 40.5. The Balaban J connectivity index is 1.02. The van der Waals surface area contributed by atoms with E-state index in [1.165, 1.54) is 56.9 Å². The highest BCUT2D eigenvalue weighted by molar-refractivity contribution is 5.86. The molecule has 14 nitrogen and oxygen atoms in total. The molecule has 4 aliphatic carbocycles. The SMILES string of the molecule is CC(C)CCCC(C)C1CCC2C3CC=C4CC(OC(=O)NC(C=NCCOCCOCCNC(=O)C(CCCCN=C(N)N)N=C(N)N)Cc5ccccc5)CCC4(C)C3CCC12C. The number of aliphatic imine (C=N–C) groups is 3. The number of ether oxygens (including phenoxy) is 3. The summed E-state index contributed by atoms with van der Waals surface area (Å²) >= 11 is 0. The van der Waals surface area contributed by atoms with Gasteiger partial charge in [-0.3, -0.25) is 14.8 Å². The van der Waals surface area contributed by atoms with Crippen molar-refractivity contribution in [2.75, 3.05) is 46.1 Å². The van der Waals surface area contributed by atoms with Gasteiger partial charge in [-0.25, -0.2) is 9.79 Å². The van der Waals surface area contributed by atoms with Crippen LogP contribution >= 0.6 is 0 Å². The monoisotopic (exact) mass is 904 g/mol. The summed E-state index contributed by atoms with van der Waals surface area (Å²) in [6.07, 6.45) is 19.9. The van der Waals surface area contributed by atoms with E-state index in [-0.39, 0.29) is 41.5 Å². The van der Waals surface area contributed by atoms with Crippen molar-refractivity contribution in [2.45, 2.75) is 149 Å². The molecule has 0 heterocycles. The molecule has 10 N–H and O–H groups in total. The van der Waals surface area contributed by atoms with Gasteiger partial charge in [-0.15, -0.1) is 0 Å². The Labute approximate surface area is 390 Å². The number of hydrogen-bond acceptors (Lipinski definition) is 8. The molecule has 2 amide bonds. The number of fused-ring (bicyclic) bond motifs is 5. The molecular formula is C51H85N9O5. The molecule has 0 spiro atoms. The van der Waals surface area contributed by atoms with E-state index in [9.17, 15) is 9.59 Å². The molecule has 5 rings (SSSR count). The van der Waals surface area contributed by atoms with Crippen LogP contribution in [-0.4, -0.2) is 94.4 Å². The van der Waals surface area contributed by atoms with Crippen LogP contribution in [-0.2, 0) is 25.4 Å². The number of unbranched alkanes of at least 4 members (excludes halogenated alkanes) is 1. The molecule has 14 heteroatoms. The summed E-state index contributed by atoms with van der Waals surface area (Å²) in [6, 6.07) is 9.10. The number of carbonyl (C=O) groups excluding carboxylic acids is 2. The summed E-state index contributed by atoms with van der Waals surface area (Å²) in [5, 5.41) is 5.94. The lowest BCUT2D eigenvalue weighted by molar-refractivity contribution is -0.122. The van der Waals surface area contributed by atoms with Crippen molar-refractivity contribution in [1.29, 1.82) is 0 Å². The van der Waals surface area contributed by atoms with Crippen LogP contribution in [0.1, 0.15) is 130 Å². The molecule has 1 aromatic rings. The predicted octanol–water partition coefficient (Wildman–Crippen LogP) is 7.04. The number of nitrogens with one attached hydrogen (secondary N) is 2. The number of rotatable bonds is 26. The van der Waals surface area contributed by atoms with Gasteiger partial charge in [0.25, 0.3) is 0 Å². The first kappa shape index (κ1) is 51.8. The fourth-order valence-electron chi connectivity index (χ4n) is 12.2. The second-order valence-corrected chi connectivity index (χ2v) is 20.4. The average Bonchev–Trinajstić information content (AvgIpc) is 3.62. The third kappa shape index (κ3) is 15.4. The lowest BCUT2D eigenvalue weighted by atomic mass is 9.47. The number of nitrogens with two attached hydrogens (primary N) is 4. The lowest BCUT2D eigenvalue weighted by Crippen LogP contribution is -2.51. The van der Waals surface area contributed by atoms with Crippen molar-refractivity contribution in [1.82, 2.24) is 10.6 Å². The Morgan fingerprint density at radius 1 is 0.846 bits per heavy atom. The van der Waals surface area contributed by atoms with Gasteiger partial charge in [0.1, 0.15) is 12.1 Å². The Kier molecular flexibility index (Phi) is 20.5. The molecule has 0 saturated heterocycles. The van der Waals surface area contributed by atoms with Gasteiger partial charge in [0.2, 0.25) is 5.91 Å². The van der Waals surface area contributed by atoms with Crippen molar-refractivity contribution in [3.05, 3.63) is 47.5 Å². The number of guanidine groups is 2. The van der Waals surface area contributed by atoms with Gasteiger partial charge in [0.05, 0.1) is 39.0 Å². The summed E-state index contributed by atoms with van der Waals surface area (Å²) in [5.74, 6) is 4.44. The molecule has 0 aliphatic heterocycles. The molecule has 4 aliphatic rings. The normalized spacial score (nSPS) is 27.4. The summed E-state index contributed by atoms with van der Waals surface area (Å²) < 4.78 is 17.6. The number of allylic oxidation sites excluding steroid dienone is 1. The minimum absolute atomic E-state index is 0.0369. The average molecular weight is 904 g/mol. The largest absolute Gasteiger partial charge is 0.446 e. The van der Waals surface area contributed by atoms with Crippen LogP contribution in [0.3, 0.4) is 0 Å². The fourth-order valence-corrected chi connectivity index (χ4v) is 12.2. The van der Waals surface area contributed by atoms with Gasteiger partial charge in [-0.05, 0) is 123 Å².